The van der Waals surface area contributed by atoms with Gasteiger partial charge in [0.15, 0.2) is 0 Å². The Labute approximate surface area is 103 Å². The van der Waals surface area contributed by atoms with Crippen LogP contribution in [0, 0.1) is 0 Å². The third-order valence-corrected chi connectivity index (χ3v) is 4.54. The highest BCUT2D eigenvalue weighted by Crippen LogP contribution is 2.29. The molecule has 0 spiro atoms. The molecule has 0 aliphatic heterocycles. The van der Waals surface area contributed by atoms with E-state index < -0.39 is 5.60 Å². The van der Waals surface area contributed by atoms with Gasteiger partial charge in [-0.3, -0.25) is 0 Å². The summed E-state index contributed by atoms with van der Waals surface area (Å²) in [5, 5.41) is 13.4. The molecule has 1 saturated carbocycles. The lowest BCUT2D eigenvalue weighted by atomic mass is 10.0. The van der Waals surface area contributed by atoms with Gasteiger partial charge in [0, 0.05) is 18.0 Å². The van der Waals surface area contributed by atoms with Gasteiger partial charge in [0.1, 0.15) is 0 Å². The second-order valence-corrected chi connectivity index (χ2v) is 6.79. The molecule has 0 bridgehead atoms. The van der Waals surface area contributed by atoms with Crippen molar-refractivity contribution in [3.8, 4) is 0 Å². The fourth-order valence-corrected chi connectivity index (χ4v) is 3.53. The molecule has 4 heteroatoms. The monoisotopic (exact) mass is 289 g/mol. The fourth-order valence-electron chi connectivity index (χ4n) is 2.08. The predicted molar refractivity (Wildman–Crippen MR) is 67.1 cm³/mol. The molecule has 1 aromatic heterocycles. The topological polar surface area (TPSA) is 32.3 Å². The van der Waals surface area contributed by atoms with E-state index in [0.717, 1.165) is 25.9 Å². The van der Waals surface area contributed by atoms with Crippen molar-refractivity contribution in [2.45, 2.75) is 37.8 Å². The number of hydrogen-bond acceptors (Lipinski definition) is 3. The van der Waals surface area contributed by atoms with Crippen LogP contribution in [0.2, 0.25) is 0 Å². The van der Waals surface area contributed by atoms with Crippen LogP contribution in [-0.2, 0) is 6.54 Å². The van der Waals surface area contributed by atoms with Gasteiger partial charge in [0.05, 0.1) is 9.39 Å². The number of thiophene rings is 1. The smallest absolute Gasteiger partial charge is 0.0771 e. The van der Waals surface area contributed by atoms with Crippen molar-refractivity contribution in [3.05, 3.63) is 20.8 Å². The Morgan fingerprint density at radius 1 is 1.40 bits per heavy atom. The zero-order valence-electron chi connectivity index (χ0n) is 8.63. The van der Waals surface area contributed by atoms with Gasteiger partial charge < -0.3 is 10.4 Å². The van der Waals surface area contributed by atoms with Crippen molar-refractivity contribution < 1.29 is 5.11 Å². The fraction of sp³-hybridized carbons (Fsp3) is 0.636. The van der Waals surface area contributed by atoms with E-state index in [1.165, 1.54) is 21.5 Å². The molecule has 1 heterocycles. The summed E-state index contributed by atoms with van der Waals surface area (Å²) in [5.41, 5.74) is -0.436. The third kappa shape index (κ3) is 3.28. The molecule has 0 saturated heterocycles. The Morgan fingerprint density at radius 2 is 2.13 bits per heavy atom. The van der Waals surface area contributed by atoms with Gasteiger partial charge in [-0.25, -0.2) is 0 Å². The van der Waals surface area contributed by atoms with Crippen molar-refractivity contribution >= 4 is 27.3 Å². The van der Waals surface area contributed by atoms with Gasteiger partial charge >= 0.3 is 0 Å². The minimum absolute atomic E-state index is 0.436. The van der Waals surface area contributed by atoms with Crippen LogP contribution in [0.4, 0.5) is 0 Å². The van der Waals surface area contributed by atoms with Crippen molar-refractivity contribution in [3.63, 3.8) is 0 Å². The largest absolute Gasteiger partial charge is 0.389 e. The summed E-state index contributed by atoms with van der Waals surface area (Å²) in [6, 6.07) is 4.17. The van der Waals surface area contributed by atoms with Gasteiger partial charge in [-0.05, 0) is 40.9 Å². The van der Waals surface area contributed by atoms with E-state index in [0.29, 0.717) is 0 Å². The normalized spacial score (nSPS) is 19.6. The minimum Gasteiger partial charge on any atom is -0.389 e. The van der Waals surface area contributed by atoms with E-state index in [-0.39, 0.29) is 0 Å². The molecular formula is C11H16BrNOS. The quantitative estimate of drug-likeness (QED) is 0.893. The Balaban J connectivity index is 1.75. The molecule has 0 amide bonds. The summed E-state index contributed by atoms with van der Waals surface area (Å²) < 4.78 is 1.17. The molecule has 0 unspecified atom stereocenters. The number of aliphatic hydroxyl groups is 1. The van der Waals surface area contributed by atoms with Crippen LogP contribution >= 0.6 is 27.3 Å². The highest BCUT2D eigenvalue weighted by Gasteiger charge is 2.30. The highest BCUT2D eigenvalue weighted by atomic mass is 79.9. The van der Waals surface area contributed by atoms with Crippen LogP contribution in [0.25, 0.3) is 0 Å². The molecule has 2 nitrogen and oxygen atoms in total. The molecule has 15 heavy (non-hydrogen) atoms. The van der Waals surface area contributed by atoms with Crippen LogP contribution in [-0.4, -0.2) is 17.3 Å². The molecule has 2 N–H and O–H groups in total. The van der Waals surface area contributed by atoms with E-state index in [1.54, 1.807) is 11.3 Å². The summed E-state index contributed by atoms with van der Waals surface area (Å²) in [6.45, 7) is 1.58. The van der Waals surface area contributed by atoms with Crippen LogP contribution in [0.1, 0.15) is 30.6 Å². The molecule has 1 aliphatic rings. The summed E-state index contributed by atoms with van der Waals surface area (Å²) in [5.74, 6) is 0. The van der Waals surface area contributed by atoms with E-state index in [9.17, 15) is 5.11 Å². The maximum absolute atomic E-state index is 10.1. The van der Waals surface area contributed by atoms with Crippen molar-refractivity contribution in [2.75, 3.05) is 6.54 Å². The van der Waals surface area contributed by atoms with Crippen molar-refractivity contribution in [2.24, 2.45) is 0 Å². The van der Waals surface area contributed by atoms with E-state index in [1.807, 2.05) is 0 Å². The van der Waals surface area contributed by atoms with E-state index >= 15 is 0 Å². The Hall–Kier alpha value is 0.1000. The van der Waals surface area contributed by atoms with Crippen LogP contribution in [0.15, 0.2) is 15.9 Å². The summed E-state index contributed by atoms with van der Waals surface area (Å²) >= 11 is 5.18. The molecule has 0 aromatic carbocycles. The lowest BCUT2D eigenvalue weighted by molar-refractivity contribution is 0.0475. The van der Waals surface area contributed by atoms with Crippen molar-refractivity contribution in [1.82, 2.24) is 5.32 Å². The lowest BCUT2D eigenvalue weighted by Gasteiger charge is -2.22. The molecule has 1 fully saturated rings. The number of hydrogen-bond donors (Lipinski definition) is 2. The Kier molecular flexibility index (Phi) is 3.83. The van der Waals surface area contributed by atoms with Gasteiger partial charge in [0.2, 0.25) is 0 Å². The molecule has 0 radical (unpaired) electrons. The first-order chi connectivity index (χ1) is 7.18. The van der Waals surface area contributed by atoms with Gasteiger partial charge in [-0.2, -0.15) is 0 Å². The van der Waals surface area contributed by atoms with Gasteiger partial charge in [-0.15, -0.1) is 11.3 Å². The van der Waals surface area contributed by atoms with E-state index in [4.69, 9.17) is 0 Å². The zero-order valence-corrected chi connectivity index (χ0v) is 11.0. The van der Waals surface area contributed by atoms with Gasteiger partial charge in [0.25, 0.3) is 0 Å². The average Bonchev–Trinajstić information content (AvgIpc) is 2.76. The first-order valence-corrected chi connectivity index (χ1v) is 6.96. The molecule has 84 valence electrons. The molecule has 2 rings (SSSR count). The summed E-state index contributed by atoms with van der Waals surface area (Å²) in [4.78, 5) is 1.31. The first kappa shape index (κ1) is 11.6. The van der Waals surface area contributed by atoms with Crippen LogP contribution in [0.5, 0.6) is 0 Å². The van der Waals surface area contributed by atoms with Crippen molar-refractivity contribution in [1.29, 1.82) is 0 Å². The Bertz CT molecular complexity index is 320. The first-order valence-electron chi connectivity index (χ1n) is 5.35. The molecule has 0 atom stereocenters. The standard InChI is InChI=1S/C11H16BrNOS/c12-10-4-3-9(15-10)7-13-8-11(14)5-1-2-6-11/h3-4,13-14H,1-2,5-8H2. The predicted octanol–water partition coefficient (Wildman–Crippen LogP) is 2.91. The molecule has 1 aliphatic carbocycles. The maximum Gasteiger partial charge on any atom is 0.0771 e. The van der Waals surface area contributed by atoms with Crippen LogP contribution < -0.4 is 5.32 Å². The summed E-state index contributed by atoms with van der Waals surface area (Å²) in [7, 11) is 0. The maximum atomic E-state index is 10.1. The number of halogens is 1. The zero-order chi connectivity index (χ0) is 10.7. The second kappa shape index (κ2) is 4.95. The third-order valence-electron chi connectivity index (χ3n) is 2.92. The lowest BCUT2D eigenvalue weighted by Crippen LogP contribution is -2.37. The summed E-state index contributed by atoms with van der Waals surface area (Å²) in [6.07, 6.45) is 4.24. The number of rotatable bonds is 4. The SMILES string of the molecule is OC1(CNCc2ccc(Br)s2)CCCC1. The second-order valence-electron chi connectivity index (χ2n) is 4.24. The average molecular weight is 290 g/mol. The molecular weight excluding hydrogens is 274 g/mol. The van der Waals surface area contributed by atoms with Gasteiger partial charge in [-0.1, -0.05) is 12.8 Å². The van der Waals surface area contributed by atoms with Crippen LogP contribution in [0.3, 0.4) is 0 Å². The Morgan fingerprint density at radius 3 is 2.73 bits per heavy atom. The number of nitrogens with one attached hydrogen (secondary N) is 1. The van der Waals surface area contributed by atoms with E-state index in [2.05, 4.69) is 33.4 Å². The minimum atomic E-state index is -0.436. The molecule has 1 aromatic rings. The highest BCUT2D eigenvalue weighted by molar-refractivity contribution is 9.11.